The van der Waals surface area contributed by atoms with E-state index in [1.54, 1.807) is 6.07 Å². The molecule has 0 fully saturated rings. The number of hydrogen-bond acceptors (Lipinski definition) is 4. The monoisotopic (exact) mass is 293 g/mol. The van der Waals surface area contributed by atoms with E-state index in [0.29, 0.717) is 11.3 Å². The van der Waals surface area contributed by atoms with Crippen molar-refractivity contribution < 1.29 is 9.53 Å². The third-order valence-corrected chi connectivity index (χ3v) is 2.87. The molecule has 0 aliphatic heterocycles. The number of nitriles is 1. The van der Waals surface area contributed by atoms with Crippen molar-refractivity contribution in [2.75, 3.05) is 0 Å². The Hall–Kier alpha value is -3.13. The minimum atomic E-state index is -0.238. The Kier molecular flexibility index (Phi) is 5.27. The minimum absolute atomic E-state index is 0.238. The van der Waals surface area contributed by atoms with E-state index in [4.69, 9.17) is 10.00 Å². The van der Waals surface area contributed by atoms with Crippen molar-refractivity contribution in [1.82, 2.24) is 5.43 Å². The molecule has 0 spiro atoms. The first kappa shape index (κ1) is 15.3. The van der Waals surface area contributed by atoms with Crippen molar-refractivity contribution in [3.05, 3.63) is 65.2 Å². The molecule has 22 heavy (non-hydrogen) atoms. The van der Waals surface area contributed by atoms with Crippen molar-refractivity contribution in [1.29, 1.82) is 5.26 Å². The number of carbonyl (C=O) groups excluding carboxylic acids is 1. The van der Waals surface area contributed by atoms with E-state index < -0.39 is 0 Å². The molecule has 0 saturated carbocycles. The van der Waals surface area contributed by atoms with Gasteiger partial charge in [0.2, 0.25) is 5.91 Å². The van der Waals surface area contributed by atoms with Gasteiger partial charge in [-0.2, -0.15) is 10.4 Å². The van der Waals surface area contributed by atoms with Crippen molar-refractivity contribution >= 4 is 12.1 Å². The van der Waals surface area contributed by atoms with Crippen LogP contribution in [0.2, 0.25) is 0 Å². The van der Waals surface area contributed by atoms with E-state index in [0.717, 1.165) is 11.1 Å². The largest absolute Gasteiger partial charge is 0.488 e. The number of para-hydroxylation sites is 1. The van der Waals surface area contributed by atoms with Gasteiger partial charge in [0.1, 0.15) is 12.4 Å². The minimum Gasteiger partial charge on any atom is -0.488 e. The van der Waals surface area contributed by atoms with E-state index in [1.807, 2.05) is 42.5 Å². The number of carbonyl (C=O) groups is 1. The normalized spacial score (nSPS) is 10.2. The highest BCUT2D eigenvalue weighted by molar-refractivity contribution is 5.84. The molecule has 2 aromatic rings. The Morgan fingerprint density at radius 2 is 2.00 bits per heavy atom. The second-order valence-electron chi connectivity index (χ2n) is 4.52. The first-order valence-electron chi connectivity index (χ1n) is 6.70. The molecule has 1 amide bonds. The number of ether oxygens (including phenoxy) is 1. The van der Waals surface area contributed by atoms with Gasteiger partial charge in [-0.05, 0) is 18.2 Å². The zero-order valence-corrected chi connectivity index (χ0v) is 12.1. The number of amides is 1. The van der Waals surface area contributed by atoms with Crippen LogP contribution in [0.15, 0.2) is 53.6 Å². The first-order valence-corrected chi connectivity index (χ1v) is 6.70. The zero-order chi connectivity index (χ0) is 15.8. The molecule has 0 atom stereocenters. The topological polar surface area (TPSA) is 74.5 Å². The summed E-state index contributed by atoms with van der Waals surface area (Å²) < 4.78 is 5.77. The van der Waals surface area contributed by atoms with Gasteiger partial charge < -0.3 is 4.74 Å². The van der Waals surface area contributed by atoms with Crippen LogP contribution in [-0.2, 0) is 11.4 Å². The molecule has 0 saturated heterocycles. The van der Waals surface area contributed by atoms with E-state index in [1.165, 1.54) is 13.1 Å². The highest BCUT2D eigenvalue weighted by Crippen LogP contribution is 2.18. The van der Waals surface area contributed by atoms with Crippen LogP contribution >= 0.6 is 0 Å². The van der Waals surface area contributed by atoms with Crippen LogP contribution in [0.25, 0.3) is 0 Å². The maximum absolute atomic E-state index is 10.8. The van der Waals surface area contributed by atoms with Gasteiger partial charge in [-0.1, -0.05) is 30.3 Å². The molecule has 0 heterocycles. The number of nitrogens with one attached hydrogen (secondary N) is 1. The summed E-state index contributed by atoms with van der Waals surface area (Å²) in [6.07, 6.45) is 1.52. The van der Waals surface area contributed by atoms with Gasteiger partial charge in [-0.15, -0.1) is 0 Å². The van der Waals surface area contributed by atoms with Crippen LogP contribution in [0.4, 0.5) is 0 Å². The van der Waals surface area contributed by atoms with Gasteiger partial charge >= 0.3 is 0 Å². The number of hydrazone groups is 1. The summed E-state index contributed by atoms with van der Waals surface area (Å²) in [6, 6.07) is 16.8. The smallest absolute Gasteiger partial charge is 0.236 e. The van der Waals surface area contributed by atoms with Gasteiger partial charge in [-0.25, -0.2) is 5.43 Å². The summed E-state index contributed by atoms with van der Waals surface area (Å²) in [5.41, 5.74) is 4.49. The molecule has 0 unspecified atom stereocenters. The molecule has 2 aromatic carbocycles. The summed E-state index contributed by atoms with van der Waals surface area (Å²) in [4.78, 5) is 10.8. The van der Waals surface area contributed by atoms with Gasteiger partial charge in [0.25, 0.3) is 0 Å². The average Bonchev–Trinajstić information content (AvgIpc) is 2.54. The Morgan fingerprint density at radius 1 is 1.27 bits per heavy atom. The molecular formula is C17H15N3O2. The fourth-order valence-corrected chi connectivity index (χ4v) is 1.82. The van der Waals surface area contributed by atoms with Gasteiger partial charge in [-0.3, -0.25) is 4.79 Å². The summed E-state index contributed by atoms with van der Waals surface area (Å²) in [6.45, 7) is 1.67. The highest BCUT2D eigenvalue weighted by atomic mass is 16.5. The predicted octanol–water partition coefficient (Wildman–Crippen LogP) is 2.61. The number of hydrogen-bond donors (Lipinski definition) is 1. The molecule has 0 aromatic heterocycles. The summed E-state index contributed by atoms with van der Waals surface area (Å²) >= 11 is 0. The molecule has 0 aliphatic carbocycles. The van der Waals surface area contributed by atoms with Crippen LogP contribution < -0.4 is 10.2 Å². The standard InChI is InChI=1S/C17H15N3O2/c1-13(21)20-19-11-15-7-4-5-9-17(15)22-12-16-8-3-2-6-14(16)10-18/h2-9,11H,12H2,1H3,(H,20,21)/b19-11-. The summed E-state index contributed by atoms with van der Waals surface area (Å²) in [5.74, 6) is 0.391. The molecule has 0 bridgehead atoms. The van der Waals surface area contributed by atoms with Crippen LogP contribution in [0.5, 0.6) is 5.75 Å². The van der Waals surface area contributed by atoms with E-state index >= 15 is 0 Å². The Bertz CT molecular complexity index is 733. The third-order valence-electron chi connectivity index (χ3n) is 2.87. The molecule has 1 N–H and O–H groups in total. The second kappa shape index (κ2) is 7.60. The molecule has 110 valence electrons. The average molecular weight is 293 g/mol. The highest BCUT2D eigenvalue weighted by Gasteiger charge is 2.04. The van der Waals surface area contributed by atoms with Crippen molar-refractivity contribution in [3.63, 3.8) is 0 Å². The quantitative estimate of drug-likeness (QED) is 0.680. The van der Waals surface area contributed by atoms with Crippen molar-refractivity contribution in [2.45, 2.75) is 13.5 Å². The predicted molar refractivity (Wildman–Crippen MR) is 83.3 cm³/mol. The maximum Gasteiger partial charge on any atom is 0.236 e. The Balaban J connectivity index is 2.12. The maximum atomic E-state index is 10.8. The van der Waals surface area contributed by atoms with Gasteiger partial charge in [0, 0.05) is 18.1 Å². The number of nitrogens with zero attached hydrogens (tertiary/aromatic N) is 2. The lowest BCUT2D eigenvalue weighted by molar-refractivity contribution is -0.118. The van der Waals surface area contributed by atoms with E-state index in [-0.39, 0.29) is 12.5 Å². The van der Waals surface area contributed by atoms with Gasteiger partial charge in [0.05, 0.1) is 17.8 Å². The lowest BCUT2D eigenvalue weighted by atomic mass is 10.1. The second-order valence-corrected chi connectivity index (χ2v) is 4.52. The molecule has 0 aliphatic rings. The Labute approximate surface area is 128 Å². The lowest BCUT2D eigenvalue weighted by Crippen LogP contribution is -2.12. The van der Waals surface area contributed by atoms with E-state index in [9.17, 15) is 4.79 Å². The SMILES string of the molecule is CC(=O)N/N=C\c1ccccc1OCc1ccccc1C#N. The fourth-order valence-electron chi connectivity index (χ4n) is 1.82. The molecule has 5 nitrogen and oxygen atoms in total. The number of rotatable bonds is 5. The Morgan fingerprint density at radius 3 is 2.77 bits per heavy atom. The van der Waals surface area contributed by atoms with Gasteiger partial charge in [0.15, 0.2) is 0 Å². The number of benzene rings is 2. The third kappa shape index (κ3) is 4.18. The van der Waals surface area contributed by atoms with Crippen molar-refractivity contribution in [2.24, 2.45) is 5.10 Å². The summed E-state index contributed by atoms with van der Waals surface area (Å²) in [5, 5.41) is 12.9. The molecule has 2 rings (SSSR count). The van der Waals surface area contributed by atoms with Crippen LogP contribution in [0.3, 0.4) is 0 Å². The van der Waals surface area contributed by atoms with E-state index in [2.05, 4.69) is 16.6 Å². The fraction of sp³-hybridized carbons (Fsp3) is 0.118. The lowest BCUT2D eigenvalue weighted by Gasteiger charge is -2.09. The zero-order valence-electron chi connectivity index (χ0n) is 12.1. The van der Waals surface area contributed by atoms with Crippen LogP contribution in [0, 0.1) is 11.3 Å². The molecule has 5 heteroatoms. The summed E-state index contributed by atoms with van der Waals surface area (Å²) in [7, 11) is 0. The first-order chi connectivity index (χ1) is 10.7. The molecular weight excluding hydrogens is 278 g/mol. The molecule has 0 radical (unpaired) electrons. The van der Waals surface area contributed by atoms with Crippen LogP contribution in [-0.4, -0.2) is 12.1 Å². The van der Waals surface area contributed by atoms with Crippen LogP contribution in [0.1, 0.15) is 23.6 Å². The van der Waals surface area contributed by atoms with Crippen molar-refractivity contribution in [3.8, 4) is 11.8 Å².